The molecule has 12 nitrogen and oxygen atoms in total. The van der Waals surface area contributed by atoms with E-state index in [9.17, 15) is 61.1 Å². The van der Waals surface area contributed by atoms with Gasteiger partial charge < -0.3 is 20.7 Å². The fourth-order valence-corrected chi connectivity index (χ4v) is 7.61. The third-order valence-electron chi connectivity index (χ3n) is 10.2. The second-order valence-electron chi connectivity index (χ2n) is 15.1. The van der Waals surface area contributed by atoms with Gasteiger partial charge in [-0.1, -0.05) is 13.0 Å². The predicted octanol–water partition coefficient (Wildman–Crippen LogP) is 7.57. The zero-order valence-corrected chi connectivity index (χ0v) is 34.8. The van der Waals surface area contributed by atoms with Crippen molar-refractivity contribution in [2.45, 2.75) is 83.0 Å². The van der Waals surface area contributed by atoms with E-state index < -0.39 is 90.8 Å². The molecule has 0 saturated heterocycles. The smallest absolute Gasteiger partial charge is 0.416 e. The highest BCUT2D eigenvalue weighted by Crippen LogP contribution is 2.40. The zero-order valence-electron chi connectivity index (χ0n) is 33.1. The van der Waals surface area contributed by atoms with Crippen LogP contribution in [0.15, 0.2) is 42.6 Å². The number of amides is 1. The number of alkyl halides is 9. The number of aromatic nitrogens is 2. The second-order valence-corrected chi connectivity index (χ2v) is 18.9. The number of benzene rings is 2. The first-order valence-corrected chi connectivity index (χ1v) is 22.6. The average Bonchev–Trinajstić information content (AvgIpc) is 3.14. The summed E-state index contributed by atoms with van der Waals surface area (Å²) < 4.78 is 184. The number of rotatable bonds is 18. The van der Waals surface area contributed by atoms with Crippen LogP contribution in [0.25, 0.3) is 0 Å². The van der Waals surface area contributed by atoms with Gasteiger partial charge in [0, 0.05) is 37.7 Å². The summed E-state index contributed by atoms with van der Waals surface area (Å²) in [4.78, 5) is 20.6. The molecule has 2 aromatic carbocycles. The zero-order chi connectivity index (χ0) is 45.6. The molecule has 23 heteroatoms. The van der Waals surface area contributed by atoms with Crippen molar-refractivity contribution in [1.82, 2.24) is 20.6 Å². The fraction of sp³-hybridized carbons (Fsp3) is 0.553. The van der Waals surface area contributed by atoms with Crippen molar-refractivity contribution in [3.8, 4) is 5.75 Å². The molecular formula is C38H46F9N5O7S2. The molecule has 0 spiro atoms. The SMILES string of the molecule is CC(NCC1CCC(CC(=O)NCCS(=O)(=O)O)CC1)c1ccc(C(F)(F)F)cc1CNc1ncc(OCCS(C)(=O)=O)c([C@@H](C)c2cc(C(F)(F)F)cc(C(F)(F)F)c2)n1. The lowest BCUT2D eigenvalue weighted by atomic mass is 9.80. The van der Waals surface area contributed by atoms with Gasteiger partial charge in [-0.15, -0.1) is 0 Å². The predicted molar refractivity (Wildman–Crippen MR) is 206 cm³/mol. The summed E-state index contributed by atoms with van der Waals surface area (Å²) in [6.45, 7) is 2.50. The molecule has 340 valence electrons. The van der Waals surface area contributed by atoms with Crippen LogP contribution in [0.3, 0.4) is 0 Å². The summed E-state index contributed by atoms with van der Waals surface area (Å²) in [5.41, 5.74) is -4.19. The maximum Gasteiger partial charge on any atom is 0.416 e. The van der Waals surface area contributed by atoms with Crippen molar-refractivity contribution in [1.29, 1.82) is 0 Å². The number of sulfone groups is 1. The van der Waals surface area contributed by atoms with Crippen LogP contribution in [0.4, 0.5) is 45.5 Å². The van der Waals surface area contributed by atoms with Gasteiger partial charge in [0.2, 0.25) is 11.9 Å². The van der Waals surface area contributed by atoms with E-state index in [0.717, 1.165) is 37.4 Å². The molecule has 3 aromatic rings. The Kier molecular flexibility index (Phi) is 16.1. The Morgan fingerprint density at radius 3 is 2.00 bits per heavy atom. The van der Waals surface area contributed by atoms with Gasteiger partial charge in [0.1, 0.15) is 6.61 Å². The summed E-state index contributed by atoms with van der Waals surface area (Å²) in [6, 6.07) is 3.68. The number of halogens is 9. The molecule has 1 aliphatic rings. The first-order chi connectivity index (χ1) is 28.1. The summed E-state index contributed by atoms with van der Waals surface area (Å²) >= 11 is 0. The van der Waals surface area contributed by atoms with E-state index in [4.69, 9.17) is 9.29 Å². The average molecular weight is 920 g/mol. The number of nitrogens with one attached hydrogen (secondary N) is 3. The summed E-state index contributed by atoms with van der Waals surface area (Å²) in [7, 11) is -7.77. The van der Waals surface area contributed by atoms with E-state index in [1.165, 1.54) is 13.0 Å². The van der Waals surface area contributed by atoms with Gasteiger partial charge in [-0.05, 0) is 98.0 Å². The van der Waals surface area contributed by atoms with E-state index in [-0.39, 0.29) is 66.3 Å². The van der Waals surface area contributed by atoms with Gasteiger partial charge in [0.05, 0.1) is 40.1 Å². The number of ether oxygens (including phenoxy) is 1. The fourth-order valence-electron chi connectivity index (χ4n) is 6.86. The van der Waals surface area contributed by atoms with Crippen LogP contribution in [0.1, 0.15) is 97.0 Å². The van der Waals surface area contributed by atoms with Gasteiger partial charge in [0.25, 0.3) is 10.1 Å². The highest BCUT2D eigenvalue weighted by Gasteiger charge is 2.38. The molecule has 61 heavy (non-hydrogen) atoms. The molecular weight excluding hydrogens is 874 g/mol. The largest absolute Gasteiger partial charge is 0.489 e. The van der Waals surface area contributed by atoms with Gasteiger partial charge >= 0.3 is 18.5 Å². The third kappa shape index (κ3) is 15.6. The molecule has 4 rings (SSSR count). The van der Waals surface area contributed by atoms with Crippen molar-refractivity contribution < 1.29 is 70.4 Å². The number of carbonyl (C=O) groups is 1. The van der Waals surface area contributed by atoms with Crippen molar-refractivity contribution in [2.24, 2.45) is 11.8 Å². The quantitative estimate of drug-likeness (QED) is 0.0732. The normalized spacial score (nSPS) is 17.7. The van der Waals surface area contributed by atoms with Crippen LogP contribution in [0.2, 0.25) is 0 Å². The number of hydrogen-bond donors (Lipinski definition) is 4. The number of carbonyl (C=O) groups excluding carboxylic acids is 1. The summed E-state index contributed by atoms with van der Waals surface area (Å²) in [5.74, 6) is -3.05. The maximum atomic E-state index is 13.9. The minimum absolute atomic E-state index is 0.0356. The van der Waals surface area contributed by atoms with Crippen molar-refractivity contribution in [2.75, 3.05) is 42.8 Å². The van der Waals surface area contributed by atoms with Crippen LogP contribution in [-0.4, -0.2) is 74.7 Å². The standard InChI is InChI=1S/C38H46F9N5O7S2/c1-22(26-15-29(37(42,43)44)18-30(16-26)38(45,46)47)34-32(59-11-13-60(3,54)55)21-51-35(52-34)50-20-27-17-28(36(39,40)41)8-9-31(27)23(2)49-19-25-6-4-24(5-7-25)14-33(53)48-10-12-61(56,57)58/h8-9,15-18,21-25,49H,4-7,10-14,19-20H2,1-3H3,(H,48,53)(H,50,51,52)(H,56,57,58)/t22-,23?,24?,25?/m0/s1. The molecule has 4 N–H and O–H groups in total. The highest BCUT2D eigenvalue weighted by atomic mass is 32.2. The van der Waals surface area contributed by atoms with Gasteiger partial charge in [-0.3, -0.25) is 9.35 Å². The van der Waals surface area contributed by atoms with Crippen molar-refractivity contribution >= 4 is 31.8 Å². The second kappa shape index (κ2) is 19.9. The van der Waals surface area contributed by atoms with Crippen LogP contribution in [-0.2, 0) is 49.8 Å². The molecule has 1 saturated carbocycles. The number of nitrogens with zero attached hydrogens (tertiary/aromatic N) is 2. The molecule has 0 bridgehead atoms. The highest BCUT2D eigenvalue weighted by molar-refractivity contribution is 7.90. The molecule has 2 atom stereocenters. The first kappa shape index (κ1) is 49.4. The van der Waals surface area contributed by atoms with Crippen LogP contribution in [0.5, 0.6) is 5.75 Å². The molecule has 1 aromatic heterocycles. The van der Waals surface area contributed by atoms with E-state index in [1.54, 1.807) is 6.92 Å². The topological polar surface area (TPSA) is 177 Å². The van der Waals surface area contributed by atoms with Gasteiger partial charge in [0.15, 0.2) is 15.6 Å². The first-order valence-electron chi connectivity index (χ1n) is 18.9. The Bertz CT molecular complexity index is 2180. The van der Waals surface area contributed by atoms with Gasteiger partial charge in [-0.2, -0.15) is 47.9 Å². The number of anilines is 1. The molecule has 0 aliphatic heterocycles. The van der Waals surface area contributed by atoms with Gasteiger partial charge in [-0.25, -0.2) is 18.4 Å². The third-order valence-corrected chi connectivity index (χ3v) is 11.9. The van der Waals surface area contributed by atoms with Crippen LogP contribution >= 0.6 is 0 Å². The monoisotopic (exact) mass is 919 g/mol. The van der Waals surface area contributed by atoms with E-state index in [0.29, 0.717) is 37.1 Å². The molecule has 0 radical (unpaired) electrons. The minimum atomic E-state index is -5.16. The van der Waals surface area contributed by atoms with E-state index in [1.807, 2.05) is 0 Å². The number of hydrogen-bond acceptors (Lipinski definition) is 10. The molecule has 1 heterocycles. The maximum absolute atomic E-state index is 13.9. The summed E-state index contributed by atoms with van der Waals surface area (Å²) in [5, 5.41) is 8.63. The molecule has 1 unspecified atom stereocenters. The molecule has 1 aliphatic carbocycles. The lowest BCUT2D eigenvalue weighted by Gasteiger charge is -2.30. The van der Waals surface area contributed by atoms with Crippen LogP contribution < -0.4 is 20.7 Å². The Morgan fingerprint density at radius 1 is 0.852 bits per heavy atom. The summed E-state index contributed by atoms with van der Waals surface area (Å²) in [6.07, 6.45) is -9.99. The van der Waals surface area contributed by atoms with Crippen molar-refractivity contribution in [3.05, 3.63) is 81.7 Å². The Labute approximate surface area is 347 Å². The van der Waals surface area contributed by atoms with E-state index >= 15 is 0 Å². The van der Waals surface area contributed by atoms with Crippen molar-refractivity contribution in [3.63, 3.8) is 0 Å². The molecule has 1 amide bonds. The Balaban J connectivity index is 1.54. The lowest BCUT2D eigenvalue weighted by molar-refractivity contribution is -0.143. The minimum Gasteiger partial charge on any atom is -0.489 e. The van der Waals surface area contributed by atoms with Crippen LogP contribution in [0, 0.1) is 11.8 Å². The lowest BCUT2D eigenvalue weighted by Crippen LogP contribution is -2.32. The van der Waals surface area contributed by atoms with E-state index in [2.05, 4.69) is 25.9 Å². The Morgan fingerprint density at radius 2 is 1.44 bits per heavy atom. The molecule has 1 fully saturated rings. The Hall–Kier alpha value is -4.22.